The van der Waals surface area contributed by atoms with Gasteiger partial charge in [-0.15, -0.1) is 0 Å². The Bertz CT molecular complexity index is 453. The smallest absolute Gasteiger partial charge is 0.255 e. The first kappa shape index (κ1) is 14.4. The minimum Gasteiger partial charge on any atom is -0.336 e. The molecule has 0 aromatic heterocycles. The zero-order valence-corrected chi connectivity index (χ0v) is 13.8. The lowest BCUT2D eigenvalue weighted by Crippen LogP contribution is -2.35. The molecule has 1 aromatic rings. The molecule has 1 fully saturated rings. The van der Waals surface area contributed by atoms with E-state index in [1.54, 1.807) is 18.2 Å². The maximum absolute atomic E-state index is 12.5. The van der Waals surface area contributed by atoms with Crippen LogP contribution in [0.1, 0.15) is 29.6 Å². The minimum absolute atomic E-state index is 0.0991. The Kier molecular flexibility index (Phi) is 5.10. The lowest BCUT2D eigenvalue weighted by Gasteiger charge is -2.24. The molecule has 1 heterocycles. The van der Waals surface area contributed by atoms with E-state index in [-0.39, 0.29) is 5.91 Å². The maximum atomic E-state index is 12.5. The van der Waals surface area contributed by atoms with Gasteiger partial charge in [0.15, 0.2) is 0 Å². The van der Waals surface area contributed by atoms with Gasteiger partial charge in [0, 0.05) is 27.4 Å². The Morgan fingerprint density at radius 2 is 2.28 bits per heavy atom. The summed E-state index contributed by atoms with van der Waals surface area (Å²) in [6.07, 6.45) is 3.20. The summed E-state index contributed by atoms with van der Waals surface area (Å²) in [6.45, 7) is 0.853. The second-order valence-electron chi connectivity index (χ2n) is 4.40. The summed E-state index contributed by atoms with van der Waals surface area (Å²) in [7, 11) is 0. The summed E-state index contributed by atoms with van der Waals surface area (Å²) in [5.74, 6) is 0.0991. The van der Waals surface area contributed by atoms with Crippen molar-refractivity contribution >= 4 is 49.4 Å². The predicted octanol–water partition coefficient (Wildman–Crippen LogP) is 4.49. The third kappa shape index (κ3) is 3.09. The molecule has 0 spiro atoms. The van der Waals surface area contributed by atoms with Gasteiger partial charge in [0.1, 0.15) is 0 Å². The molecule has 0 radical (unpaired) electrons. The fourth-order valence-corrected chi connectivity index (χ4v) is 3.73. The quantitative estimate of drug-likeness (QED) is 0.691. The monoisotopic (exact) mass is 393 g/mol. The molecule has 0 N–H and O–H groups in total. The number of hydrogen-bond acceptors (Lipinski definition) is 1. The Balaban J connectivity index is 2.20. The van der Waals surface area contributed by atoms with Crippen molar-refractivity contribution in [3.63, 3.8) is 0 Å². The van der Waals surface area contributed by atoms with Gasteiger partial charge in [0.25, 0.3) is 5.91 Å². The minimum atomic E-state index is 0.0991. The molecule has 1 aliphatic heterocycles. The van der Waals surface area contributed by atoms with Crippen LogP contribution in [0.3, 0.4) is 0 Å². The zero-order chi connectivity index (χ0) is 13.1. The maximum Gasteiger partial charge on any atom is 0.255 e. The van der Waals surface area contributed by atoms with E-state index in [4.69, 9.17) is 11.6 Å². The number of halogens is 3. The first-order chi connectivity index (χ1) is 8.63. The van der Waals surface area contributed by atoms with Gasteiger partial charge >= 0.3 is 0 Å². The number of carbonyl (C=O) groups excluding carboxylic acids is 1. The summed E-state index contributed by atoms with van der Waals surface area (Å²) >= 11 is 12.8. The van der Waals surface area contributed by atoms with E-state index in [1.165, 1.54) is 0 Å². The number of hydrogen-bond donors (Lipinski definition) is 0. The third-order valence-corrected chi connectivity index (χ3v) is 4.59. The van der Waals surface area contributed by atoms with Crippen LogP contribution in [-0.2, 0) is 0 Å². The molecule has 2 rings (SSSR count). The second-order valence-corrected chi connectivity index (χ2v) is 6.48. The highest BCUT2D eigenvalue weighted by Crippen LogP contribution is 2.27. The van der Waals surface area contributed by atoms with Crippen molar-refractivity contribution in [1.29, 1.82) is 0 Å². The Morgan fingerprint density at radius 1 is 1.50 bits per heavy atom. The number of carbonyl (C=O) groups is 1. The van der Waals surface area contributed by atoms with Gasteiger partial charge in [-0.3, -0.25) is 4.79 Å². The molecule has 5 heteroatoms. The van der Waals surface area contributed by atoms with E-state index in [2.05, 4.69) is 31.9 Å². The van der Waals surface area contributed by atoms with Crippen LogP contribution >= 0.6 is 43.5 Å². The van der Waals surface area contributed by atoms with Crippen LogP contribution in [0.5, 0.6) is 0 Å². The summed E-state index contributed by atoms with van der Waals surface area (Å²) in [5.41, 5.74) is 0.695. The largest absolute Gasteiger partial charge is 0.336 e. The topological polar surface area (TPSA) is 20.3 Å². The lowest BCUT2D eigenvalue weighted by atomic mass is 10.1. The van der Waals surface area contributed by atoms with E-state index >= 15 is 0 Å². The van der Waals surface area contributed by atoms with Gasteiger partial charge in [-0.1, -0.05) is 27.5 Å². The van der Waals surface area contributed by atoms with Crippen molar-refractivity contribution in [2.45, 2.75) is 25.3 Å². The zero-order valence-electron chi connectivity index (χ0n) is 9.83. The summed E-state index contributed by atoms with van der Waals surface area (Å²) in [4.78, 5) is 14.5. The molecule has 1 saturated heterocycles. The van der Waals surface area contributed by atoms with Crippen molar-refractivity contribution in [2.75, 3.05) is 11.9 Å². The van der Waals surface area contributed by atoms with Gasteiger partial charge in [-0.2, -0.15) is 0 Å². The van der Waals surface area contributed by atoms with Crippen molar-refractivity contribution in [1.82, 2.24) is 4.90 Å². The molecule has 1 aliphatic rings. The summed E-state index contributed by atoms with van der Waals surface area (Å²) in [5, 5.41) is 1.57. The molecular formula is C13H14Br2ClNO. The van der Waals surface area contributed by atoms with Crippen LogP contribution < -0.4 is 0 Å². The first-order valence-corrected chi connectivity index (χ1v) is 8.24. The molecule has 0 aliphatic carbocycles. The molecule has 98 valence electrons. The van der Waals surface area contributed by atoms with Crippen molar-refractivity contribution in [2.24, 2.45) is 0 Å². The average Bonchev–Trinajstić information content (AvgIpc) is 2.77. The Hall–Kier alpha value is -0.0600. The van der Waals surface area contributed by atoms with Crippen LogP contribution in [0.25, 0.3) is 0 Å². The number of likely N-dealkylation sites (tertiary alicyclic amines) is 1. The SMILES string of the molecule is O=C(c1ccc(Cl)cc1Br)N1CCCC1CCBr. The van der Waals surface area contributed by atoms with Crippen molar-refractivity contribution in [3.05, 3.63) is 33.3 Å². The molecule has 1 amide bonds. The standard InChI is InChI=1S/C13H14Br2ClNO/c14-6-5-10-2-1-7-17(10)13(18)11-4-3-9(16)8-12(11)15/h3-4,8,10H,1-2,5-7H2. The normalized spacial score (nSPS) is 19.3. The first-order valence-electron chi connectivity index (χ1n) is 5.95. The number of nitrogens with zero attached hydrogens (tertiary/aromatic N) is 1. The van der Waals surface area contributed by atoms with E-state index in [0.717, 1.165) is 35.6 Å². The van der Waals surface area contributed by atoms with E-state index < -0.39 is 0 Å². The van der Waals surface area contributed by atoms with Crippen molar-refractivity contribution in [3.8, 4) is 0 Å². The molecule has 2 nitrogen and oxygen atoms in total. The van der Waals surface area contributed by atoms with Crippen LogP contribution in [-0.4, -0.2) is 28.7 Å². The Morgan fingerprint density at radius 3 is 2.94 bits per heavy atom. The third-order valence-electron chi connectivity index (χ3n) is 3.24. The fourth-order valence-electron chi connectivity index (χ4n) is 2.35. The second kappa shape index (κ2) is 6.40. The van der Waals surface area contributed by atoms with Gasteiger partial charge in [-0.05, 0) is 53.4 Å². The van der Waals surface area contributed by atoms with Crippen LogP contribution in [0.15, 0.2) is 22.7 Å². The van der Waals surface area contributed by atoms with Crippen molar-refractivity contribution < 1.29 is 4.79 Å². The summed E-state index contributed by atoms with van der Waals surface area (Å²) in [6, 6.07) is 5.68. The van der Waals surface area contributed by atoms with Crippen LogP contribution in [0.2, 0.25) is 5.02 Å². The molecule has 1 atom stereocenters. The van der Waals surface area contributed by atoms with E-state index in [9.17, 15) is 4.79 Å². The summed E-state index contributed by atoms with van der Waals surface area (Å²) < 4.78 is 0.768. The number of rotatable bonds is 3. The highest BCUT2D eigenvalue weighted by atomic mass is 79.9. The number of alkyl halides is 1. The fraction of sp³-hybridized carbons (Fsp3) is 0.462. The van der Waals surface area contributed by atoms with Gasteiger partial charge in [0.2, 0.25) is 0 Å². The van der Waals surface area contributed by atoms with Gasteiger partial charge in [0.05, 0.1) is 5.56 Å². The molecular weight excluding hydrogens is 381 g/mol. The molecule has 18 heavy (non-hydrogen) atoms. The highest BCUT2D eigenvalue weighted by Gasteiger charge is 2.29. The van der Waals surface area contributed by atoms with E-state index in [0.29, 0.717) is 16.6 Å². The molecule has 0 bridgehead atoms. The predicted molar refractivity (Wildman–Crippen MR) is 81.6 cm³/mol. The van der Waals surface area contributed by atoms with Gasteiger partial charge < -0.3 is 4.90 Å². The number of amides is 1. The number of benzene rings is 1. The van der Waals surface area contributed by atoms with Crippen LogP contribution in [0.4, 0.5) is 0 Å². The lowest BCUT2D eigenvalue weighted by molar-refractivity contribution is 0.0734. The van der Waals surface area contributed by atoms with Gasteiger partial charge in [-0.25, -0.2) is 0 Å². The average molecular weight is 396 g/mol. The Labute approximate surface area is 129 Å². The molecule has 1 unspecified atom stereocenters. The molecule has 1 aromatic carbocycles. The molecule has 0 saturated carbocycles. The van der Waals surface area contributed by atoms with E-state index in [1.807, 2.05) is 4.90 Å². The van der Waals surface area contributed by atoms with Crippen LogP contribution in [0, 0.1) is 0 Å². The highest BCUT2D eigenvalue weighted by molar-refractivity contribution is 9.10.